The Morgan fingerprint density at radius 1 is 1.44 bits per heavy atom. The Morgan fingerprint density at radius 2 is 2.06 bits per heavy atom. The largest absolute Gasteiger partial charge is 0.355 e. The van der Waals surface area contributed by atoms with Crippen LogP contribution < -0.4 is 10.6 Å². The lowest BCUT2D eigenvalue weighted by molar-refractivity contribution is 0.233. The van der Waals surface area contributed by atoms with Gasteiger partial charge in [-0.15, -0.1) is 0 Å². The third-order valence-electron chi connectivity index (χ3n) is 2.58. The molecule has 2 amide bonds. The van der Waals surface area contributed by atoms with E-state index in [1.807, 2.05) is 38.1 Å². The van der Waals surface area contributed by atoms with Crippen molar-refractivity contribution in [2.45, 2.75) is 19.4 Å². The highest BCUT2D eigenvalue weighted by Gasteiger charge is 2.35. The van der Waals surface area contributed by atoms with Gasteiger partial charge in [0.25, 0.3) is 0 Å². The van der Waals surface area contributed by atoms with Gasteiger partial charge in [-0.2, -0.15) is 0 Å². The summed E-state index contributed by atoms with van der Waals surface area (Å²) in [7, 11) is 0. The molecule has 4 nitrogen and oxygen atoms in total. The molecular formula is C12H14BrN3OS. The van der Waals surface area contributed by atoms with Crippen LogP contribution in [0.25, 0.3) is 0 Å². The lowest BCUT2D eigenvalue weighted by Gasteiger charge is -2.17. The number of nitrogens with zero attached hydrogens (tertiary/aromatic N) is 1. The van der Waals surface area contributed by atoms with E-state index >= 15 is 0 Å². The van der Waals surface area contributed by atoms with Gasteiger partial charge in [-0.25, -0.2) is 4.79 Å². The molecule has 0 atom stereocenters. The fraction of sp³-hybridized carbons (Fsp3) is 0.333. The average molecular weight is 328 g/mol. The monoisotopic (exact) mass is 327 g/mol. The highest BCUT2D eigenvalue weighted by atomic mass is 79.9. The third-order valence-corrected chi connectivity index (χ3v) is 3.44. The topological polar surface area (TPSA) is 44.4 Å². The normalized spacial score (nSPS) is 17.5. The molecule has 0 unspecified atom stereocenters. The zero-order chi connectivity index (χ0) is 13.3. The van der Waals surface area contributed by atoms with Gasteiger partial charge in [0, 0.05) is 10.2 Å². The van der Waals surface area contributed by atoms with Gasteiger partial charge in [0.1, 0.15) is 0 Å². The first-order valence-corrected chi connectivity index (χ1v) is 6.74. The minimum absolute atomic E-state index is 0.172. The number of hydrogen-bond acceptors (Lipinski definition) is 2. The van der Waals surface area contributed by atoms with E-state index in [0.717, 1.165) is 10.2 Å². The minimum Gasteiger partial charge on any atom is -0.355 e. The number of carbonyl (C=O) groups is 1. The SMILES string of the molecule is CC1(C)CN(C(=O)Nc2ccc(Br)cc2)C(=S)N1. The predicted octanol–water partition coefficient (Wildman–Crippen LogP) is 2.95. The van der Waals surface area contributed by atoms with Crippen molar-refractivity contribution in [1.82, 2.24) is 10.2 Å². The molecule has 0 saturated carbocycles. The van der Waals surface area contributed by atoms with Crippen LogP contribution in [0.1, 0.15) is 13.8 Å². The summed E-state index contributed by atoms with van der Waals surface area (Å²) in [5, 5.41) is 6.39. The summed E-state index contributed by atoms with van der Waals surface area (Å²) in [5.41, 5.74) is 0.574. The smallest absolute Gasteiger partial charge is 0.328 e. The molecular weight excluding hydrogens is 314 g/mol. The summed E-state index contributed by atoms with van der Waals surface area (Å²) >= 11 is 8.50. The number of amides is 2. The van der Waals surface area contributed by atoms with Crippen LogP contribution in [0.4, 0.5) is 10.5 Å². The fourth-order valence-electron chi connectivity index (χ4n) is 1.75. The Labute approximate surface area is 120 Å². The maximum atomic E-state index is 12.1. The summed E-state index contributed by atoms with van der Waals surface area (Å²) in [6, 6.07) is 7.21. The highest BCUT2D eigenvalue weighted by molar-refractivity contribution is 9.10. The lowest BCUT2D eigenvalue weighted by Crippen LogP contribution is -2.37. The van der Waals surface area contributed by atoms with Gasteiger partial charge >= 0.3 is 6.03 Å². The Balaban J connectivity index is 2.05. The van der Waals surface area contributed by atoms with Gasteiger partial charge in [-0.3, -0.25) is 4.90 Å². The zero-order valence-electron chi connectivity index (χ0n) is 10.2. The maximum absolute atomic E-state index is 12.1. The summed E-state index contributed by atoms with van der Waals surface area (Å²) in [4.78, 5) is 13.6. The van der Waals surface area contributed by atoms with E-state index in [-0.39, 0.29) is 11.6 Å². The summed E-state index contributed by atoms with van der Waals surface area (Å²) in [6.07, 6.45) is 0. The van der Waals surface area contributed by atoms with Crippen LogP contribution in [-0.4, -0.2) is 28.1 Å². The number of anilines is 1. The first-order chi connectivity index (χ1) is 8.37. The lowest BCUT2D eigenvalue weighted by atomic mass is 10.1. The van der Waals surface area contributed by atoms with Crippen molar-refractivity contribution in [3.05, 3.63) is 28.7 Å². The average Bonchev–Trinajstić information content (AvgIpc) is 2.55. The van der Waals surface area contributed by atoms with Crippen molar-refractivity contribution >= 4 is 45.0 Å². The number of hydrogen-bond donors (Lipinski definition) is 2. The second-order valence-corrected chi connectivity index (χ2v) is 6.14. The van der Waals surface area contributed by atoms with Crippen LogP contribution in [0.15, 0.2) is 28.7 Å². The van der Waals surface area contributed by atoms with Crippen LogP contribution in [0, 0.1) is 0 Å². The van der Waals surface area contributed by atoms with E-state index in [4.69, 9.17) is 12.2 Å². The molecule has 2 rings (SSSR count). The molecule has 1 heterocycles. The van der Waals surface area contributed by atoms with Gasteiger partial charge in [-0.05, 0) is 50.3 Å². The zero-order valence-corrected chi connectivity index (χ0v) is 12.6. The predicted molar refractivity (Wildman–Crippen MR) is 79.7 cm³/mol. The molecule has 1 saturated heterocycles. The number of halogens is 1. The van der Waals surface area contributed by atoms with Gasteiger partial charge in [0.2, 0.25) is 0 Å². The van der Waals surface area contributed by atoms with E-state index in [0.29, 0.717) is 11.7 Å². The Morgan fingerprint density at radius 3 is 2.56 bits per heavy atom. The molecule has 0 aromatic heterocycles. The van der Waals surface area contributed by atoms with Gasteiger partial charge in [0.05, 0.1) is 12.1 Å². The van der Waals surface area contributed by atoms with E-state index in [9.17, 15) is 4.79 Å². The molecule has 6 heteroatoms. The number of rotatable bonds is 1. The number of urea groups is 1. The van der Waals surface area contributed by atoms with Crippen molar-refractivity contribution in [3.8, 4) is 0 Å². The van der Waals surface area contributed by atoms with Gasteiger partial charge < -0.3 is 10.6 Å². The maximum Gasteiger partial charge on any atom is 0.328 e. The van der Waals surface area contributed by atoms with Crippen molar-refractivity contribution < 1.29 is 4.79 Å². The third kappa shape index (κ3) is 3.00. The van der Waals surface area contributed by atoms with Crippen molar-refractivity contribution in [2.24, 2.45) is 0 Å². The van der Waals surface area contributed by atoms with E-state index in [2.05, 4.69) is 26.6 Å². The molecule has 0 spiro atoms. The molecule has 0 bridgehead atoms. The number of benzene rings is 1. The fourth-order valence-corrected chi connectivity index (χ4v) is 2.44. The summed E-state index contributed by atoms with van der Waals surface area (Å²) in [6.45, 7) is 4.58. The summed E-state index contributed by atoms with van der Waals surface area (Å²) < 4.78 is 0.972. The van der Waals surface area contributed by atoms with Crippen molar-refractivity contribution in [2.75, 3.05) is 11.9 Å². The second-order valence-electron chi connectivity index (χ2n) is 4.84. The Kier molecular flexibility index (Phi) is 3.59. The van der Waals surface area contributed by atoms with Gasteiger partial charge in [0.15, 0.2) is 5.11 Å². The molecule has 2 N–H and O–H groups in total. The molecule has 1 fully saturated rings. The number of carbonyl (C=O) groups excluding carboxylic acids is 1. The Bertz CT molecular complexity index is 487. The van der Waals surface area contributed by atoms with E-state index in [1.54, 1.807) is 0 Å². The van der Waals surface area contributed by atoms with Crippen LogP contribution in [0.3, 0.4) is 0 Å². The summed E-state index contributed by atoms with van der Waals surface area (Å²) in [5.74, 6) is 0. The first-order valence-electron chi connectivity index (χ1n) is 5.54. The van der Waals surface area contributed by atoms with Crippen molar-refractivity contribution in [3.63, 3.8) is 0 Å². The van der Waals surface area contributed by atoms with Crippen LogP contribution >= 0.6 is 28.1 Å². The second kappa shape index (κ2) is 4.85. The number of nitrogens with one attached hydrogen (secondary N) is 2. The molecule has 1 aromatic rings. The quantitative estimate of drug-likeness (QED) is 0.779. The van der Waals surface area contributed by atoms with Crippen LogP contribution in [-0.2, 0) is 0 Å². The van der Waals surface area contributed by atoms with E-state index < -0.39 is 0 Å². The van der Waals surface area contributed by atoms with Crippen LogP contribution in [0.5, 0.6) is 0 Å². The molecule has 0 aliphatic carbocycles. The van der Waals surface area contributed by atoms with Crippen LogP contribution in [0.2, 0.25) is 0 Å². The molecule has 1 aliphatic heterocycles. The van der Waals surface area contributed by atoms with Crippen molar-refractivity contribution in [1.29, 1.82) is 0 Å². The minimum atomic E-state index is -0.208. The molecule has 96 valence electrons. The molecule has 18 heavy (non-hydrogen) atoms. The molecule has 1 aliphatic rings. The molecule has 1 aromatic carbocycles. The Hall–Kier alpha value is -1.14. The highest BCUT2D eigenvalue weighted by Crippen LogP contribution is 2.18. The van der Waals surface area contributed by atoms with E-state index in [1.165, 1.54) is 4.90 Å². The molecule has 0 radical (unpaired) electrons. The number of thiocarbonyl (C=S) groups is 1. The van der Waals surface area contributed by atoms with Gasteiger partial charge in [-0.1, -0.05) is 15.9 Å². The first kappa shape index (κ1) is 13.3. The standard InChI is InChI=1S/C12H14BrN3OS/c1-12(2)7-16(11(18)15-12)10(17)14-9-5-3-8(13)4-6-9/h3-6H,7H2,1-2H3,(H,14,17)(H,15,18).